The summed E-state index contributed by atoms with van der Waals surface area (Å²) in [4.78, 5) is 24.1. The second-order valence-corrected chi connectivity index (χ2v) is 5.86. The molecule has 1 aromatic carbocycles. The van der Waals surface area contributed by atoms with E-state index in [9.17, 15) is 9.59 Å². The Morgan fingerprint density at radius 3 is 2.82 bits per heavy atom. The largest absolute Gasteiger partial charge is 0.493 e. The number of hydrogen-bond acceptors (Lipinski definition) is 5. The quantitative estimate of drug-likeness (QED) is 0.650. The molecule has 3 rings (SSSR count). The molecular weight excluding hydrogens is 286 g/mol. The minimum Gasteiger partial charge on any atom is -0.493 e. The molecular formula is C16H19NO5. The Kier molecular flexibility index (Phi) is 3.88. The predicted molar refractivity (Wildman–Crippen MR) is 77.0 cm³/mol. The van der Waals surface area contributed by atoms with Gasteiger partial charge >= 0.3 is 0 Å². The highest BCUT2D eigenvalue weighted by Crippen LogP contribution is 2.43. The van der Waals surface area contributed by atoms with E-state index in [1.165, 1.54) is 0 Å². The lowest BCUT2D eigenvalue weighted by Crippen LogP contribution is -2.33. The highest BCUT2D eigenvalue weighted by molar-refractivity contribution is 5.94. The molecule has 0 spiro atoms. The summed E-state index contributed by atoms with van der Waals surface area (Å²) >= 11 is 0. The maximum absolute atomic E-state index is 12.6. The van der Waals surface area contributed by atoms with Crippen LogP contribution in [0.4, 0.5) is 0 Å². The number of hydroxylamine groups is 1. The first-order chi connectivity index (χ1) is 10.6. The summed E-state index contributed by atoms with van der Waals surface area (Å²) in [5, 5.41) is 8.69. The van der Waals surface area contributed by atoms with Gasteiger partial charge in [0.25, 0.3) is 5.91 Å². The van der Waals surface area contributed by atoms with E-state index >= 15 is 0 Å². The van der Waals surface area contributed by atoms with E-state index in [-0.39, 0.29) is 11.7 Å². The number of benzene rings is 1. The van der Waals surface area contributed by atoms with Gasteiger partial charge in [0.15, 0.2) is 5.78 Å². The highest BCUT2D eigenvalue weighted by atomic mass is 16.5. The molecule has 1 atom stereocenters. The SMILES string of the molecule is COC1(C(=O)C2CCOc3cc(C(=O)NO)ccc3C2)CC1. The summed E-state index contributed by atoms with van der Waals surface area (Å²) in [6.45, 7) is 0.424. The van der Waals surface area contributed by atoms with Crippen LogP contribution in [0.5, 0.6) is 5.75 Å². The molecule has 1 aromatic rings. The average Bonchev–Trinajstić information content (AvgIpc) is 3.36. The van der Waals surface area contributed by atoms with Crippen LogP contribution in [0.3, 0.4) is 0 Å². The fourth-order valence-corrected chi connectivity index (χ4v) is 3.00. The van der Waals surface area contributed by atoms with Gasteiger partial charge in [0, 0.05) is 18.6 Å². The highest BCUT2D eigenvalue weighted by Gasteiger charge is 2.52. The Hall–Kier alpha value is -1.92. The van der Waals surface area contributed by atoms with Gasteiger partial charge in [0.1, 0.15) is 11.4 Å². The zero-order chi connectivity index (χ0) is 15.7. The Balaban J connectivity index is 1.81. The molecule has 1 fully saturated rings. The molecule has 0 saturated heterocycles. The standard InChI is InChI=1S/C16H19NO5/c1-21-16(5-6-16)14(18)11-4-7-22-13-9-12(15(19)17-20)3-2-10(13)8-11/h2-3,9,11,20H,4-8H2,1H3,(H,17,19). The van der Waals surface area contributed by atoms with Crippen LogP contribution >= 0.6 is 0 Å². The molecule has 22 heavy (non-hydrogen) atoms. The molecule has 1 amide bonds. The van der Waals surface area contributed by atoms with Crippen molar-refractivity contribution in [2.45, 2.75) is 31.3 Å². The number of ether oxygens (including phenoxy) is 2. The van der Waals surface area contributed by atoms with Crippen molar-refractivity contribution in [2.24, 2.45) is 5.92 Å². The first-order valence-electron chi connectivity index (χ1n) is 7.39. The Morgan fingerprint density at radius 1 is 1.41 bits per heavy atom. The van der Waals surface area contributed by atoms with Gasteiger partial charge in [-0.15, -0.1) is 0 Å². The van der Waals surface area contributed by atoms with Gasteiger partial charge in [0.2, 0.25) is 0 Å². The van der Waals surface area contributed by atoms with Gasteiger partial charge in [-0.3, -0.25) is 14.8 Å². The van der Waals surface area contributed by atoms with Crippen molar-refractivity contribution in [2.75, 3.05) is 13.7 Å². The summed E-state index contributed by atoms with van der Waals surface area (Å²) in [6.07, 6.45) is 2.81. The predicted octanol–water partition coefficient (Wildman–Crippen LogP) is 1.49. The minimum absolute atomic E-state index is 0.124. The Bertz CT molecular complexity index is 609. The smallest absolute Gasteiger partial charge is 0.274 e. The molecule has 2 N–H and O–H groups in total. The summed E-state index contributed by atoms with van der Waals surface area (Å²) in [5.41, 5.74) is 2.24. The molecule has 0 radical (unpaired) electrons. The fourth-order valence-electron chi connectivity index (χ4n) is 3.00. The molecule has 0 bridgehead atoms. The molecule has 118 valence electrons. The Labute approximate surface area is 128 Å². The van der Waals surface area contributed by atoms with Crippen LogP contribution < -0.4 is 10.2 Å². The third-order valence-electron chi connectivity index (χ3n) is 4.54. The lowest BCUT2D eigenvalue weighted by molar-refractivity contribution is -0.135. The van der Waals surface area contributed by atoms with Crippen LogP contribution in [0.1, 0.15) is 35.2 Å². The van der Waals surface area contributed by atoms with Gasteiger partial charge < -0.3 is 9.47 Å². The van der Waals surface area contributed by atoms with E-state index in [0.717, 1.165) is 18.4 Å². The van der Waals surface area contributed by atoms with Crippen molar-refractivity contribution in [3.8, 4) is 5.75 Å². The third kappa shape index (κ3) is 2.60. The van der Waals surface area contributed by atoms with Crippen molar-refractivity contribution >= 4 is 11.7 Å². The maximum Gasteiger partial charge on any atom is 0.274 e. The maximum atomic E-state index is 12.6. The van der Waals surface area contributed by atoms with E-state index in [1.54, 1.807) is 30.8 Å². The fraction of sp³-hybridized carbons (Fsp3) is 0.500. The minimum atomic E-state index is -0.584. The molecule has 0 aromatic heterocycles. The summed E-state index contributed by atoms with van der Waals surface area (Å²) in [7, 11) is 1.59. The molecule has 1 heterocycles. The van der Waals surface area contributed by atoms with Crippen molar-refractivity contribution in [1.29, 1.82) is 0 Å². The van der Waals surface area contributed by atoms with Crippen LogP contribution in [0.25, 0.3) is 0 Å². The van der Waals surface area contributed by atoms with Crippen LogP contribution in [-0.2, 0) is 16.0 Å². The lowest BCUT2D eigenvalue weighted by Gasteiger charge is -2.19. The van der Waals surface area contributed by atoms with Gasteiger partial charge in [0.05, 0.1) is 6.61 Å². The van der Waals surface area contributed by atoms with E-state index in [1.807, 2.05) is 0 Å². The number of ketones is 1. The molecule has 2 aliphatic rings. The molecule has 1 unspecified atom stereocenters. The van der Waals surface area contributed by atoms with Gasteiger partial charge in [-0.05, 0) is 43.4 Å². The van der Waals surface area contributed by atoms with E-state index in [2.05, 4.69) is 0 Å². The molecule has 1 aliphatic heterocycles. The second kappa shape index (κ2) is 5.70. The number of carbonyl (C=O) groups is 2. The third-order valence-corrected chi connectivity index (χ3v) is 4.54. The van der Waals surface area contributed by atoms with Gasteiger partial charge in [-0.25, -0.2) is 5.48 Å². The van der Waals surface area contributed by atoms with Gasteiger partial charge in [-0.1, -0.05) is 6.07 Å². The first-order valence-corrected chi connectivity index (χ1v) is 7.39. The number of hydrogen-bond donors (Lipinski definition) is 2. The zero-order valence-electron chi connectivity index (χ0n) is 12.4. The van der Waals surface area contributed by atoms with Crippen molar-refractivity contribution in [1.82, 2.24) is 5.48 Å². The first kappa shape index (κ1) is 15.0. The number of Topliss-reactive ketones (excluding diaryl/α,β-unsaturated/α-hetero) is 1. The molecule has 6 heteroatoms. The summed E-state index contributed by atoms with van der Waals surface area (Å²) < 4.78 is 11.1. The van der Waals surface area contributed by atoms with Gasteiger partial charge in [-0.2, -0.15) is 0 Å². The number of fused-ring (bicyclic) bond motifs is 1. The van der Waals surface area contributed by atoms with E-state index in [4.69, 9.17) is 14.7 Å². The second-order valence-electron chi connectivity index (χ2n) is 5.86. The number of carbonyl (C=O) groups excluding carboxylic acids is 2. The number of amides is 1. The van der Waals surface area contributed by atoms with Crippen molar-refractivity contribution in [3.63, 3.8) is 0 Å². The Morgan fingerprint density at radius 2 is 2.18 bits per heavy atom. The molecule has 1 aliphatic carbocycles. The molecule has 1 saturated carbocycles. The van der Waals surface area contributed by atoms with Crippen LogP contribution in [0, 0.1) is 5.92 Å². The average molecular weight is 305 g/mol. The monoisotopic (exact) mass is 305 g/mol. The number of nitrogens with one attached hydrogen (secondary N) is 1. The zero-order valence-corrected chi connectivity index (χ0v) is 12.4. The number of methoxy groups -OCH3 is 1. The number of rotatable bonds is 4. The lowest BCUT2D eigenvalue weighted by atomic mass is 9.89. The van der Waals surface area contributed by atoms with Crippen molar-refractivity contribution in [3.05, 3.63) is 29.3 Å². The van der Waals surface area contributed by atoms with Crippen LogP contribution in [0.15, 0.2) is 18.2 Å². The normalized spacial score (nSPS) is 22.0. The van der Waals surface area contributed by atoms with Crippen molar-refractivity contribution < 1.29 is 24.3 Å². The van der Waals surface area contributed by atoms with E-state index in [0.29, 0.717) is 30.8 Å². The summed E-state index contributed by atoms with van der Waals surface area (Å²) in [5.74, 6) is 0.0445. The summed E-state index contributed by atoms with van der Waals surface area (Å²) in [6, 6.07) is 4.98. The van der Waals surface area contributed by atoms with Crippen LogP contribution in [0.2, 0.25) is 0 Å². The van der Waals surface area contributed by atoms with Crippen LogP contribution in [-0.4, -0.2) is 36.2 Å². The molecule has 6 nitrogen and oxygen atoms in total. The van der Waals surface area contributed by atoms with E-state index < -0.39 is 11.5 Å². The topological polar surface area (TPSA) is 84.9 Å².